The highest BCUT2D eigenvalue weighted by molar-refractivity contribution is 6.28. The second-order valence-electron chi connectivity index (χ2n) is 5.84. The summed E-state index contributed by atoms with van der Waals surface area (Å²) in [6.45, 7) is 1.87. The van der Waals surface area contributed by atoms with E-state index in [4.69, 9.17) is 16.0 Å². The zero-order chi connectivity index (χ0) is 19.2. The lowest BCUT2D eigenvalue weighted by Gasteiger charge is -2.05. The third-order valence-electron chi connectivity index (χ3n) is 3.95. The molecule has 0 bridgehead atoms. The second kappa shape index (κ2) is 6.34. The van der Waals surface area contributed by atoms with Crippen LogP contribution in [0.25, 0.3) is 22.3 Å². The van der Waals surface area contributed by atoms with Gasteiger partial charge >= 0.3 is 12.1 Å². The molecule has 3 aromatic heterocycles. The van der Waals surface area contributed by atoms with Gasteiger partial charge in [0.2, 0.25) is 5.28 Å². The predicted molar refractivity (Wildman–Crippen MR) is 91.1 cm³/mol. The molecule has 27 heavy (non-hydrogen) atoms. The Morgan fingerprint density at radius 3 is 2.52 bits per heavy atom. The maximum absolute atomic E-state index is 12.7. The van der Waals surface area contributed by atoms with Gasteiger partial charge in [-0.3, -0.25) is 0 Å². The Hall–Kier alpha value is -2.94. The fourth-order valence-electron chi connectivity index (χ4n) is 2.69. The quantitative estimate of drug-likeness (QED) is 0.479. The van der Waals surface area contributed by atoms with Crippen LogP contribution < -0.4 is 0 Å². The Bertz CT molecular complexity index is 1120. The lowest BCUT2D eigenvalue weighted by molar-refractivity contribution is -0.157. The van der Waals surface area contributed by atoms with Crippen LogP contribution in [-0.2, 0) is 12.7 Å². The maximum Gasteiger partial charge on any atom is 0.468 e. The van der Waals surface area contributed by atoms with E-state index in [1.54, 1.807) is 41.3 Å². The van der Waals surface area contributed by atoms with E-state index in [2.05, 4.69) is 20.1 Å². The van der Waals surface area contributed by atoms with Crippen molar-refractivity contribution in [2.45, 2.75) is 19.6 Å². The molecule has 0 amide bonds. The Morgan fingerprint density at radius 1 is 1.11 bits per heavy atom. The van der Waals surface area contributed by atoms with Crippen LogP contribution in [0, 0.1) is 6.92 Å². The molecular weight excluding hydrogens is 383 g/mol. The molecule has 0 fully saturated rings. The summed E-state index contributed by atoms with van der Waals surface area (Å²) < 4.78 is 44.6. The standard InChI is InChI=1S/C17H11ClF3N5O/c1-9-13(24-15(27-9)17(19,20)21)11-4-2-10(3-5-11)8-26-14-12(7-23-26)6-22-16(18)25-14/h2-7H,8H2,1H3. The van der Waals surface area contributed by atoms with Crippen molar-refractivity contribution >= 4 is 22.6 Å². The first-order chi connectivity index (χ1) is 12.8. The molecule has 1 aromatic carbocycles. The number of alkyl halides is 3. The van der Waals surface area contributed by atoms with E-state index >= 15 is 0 Å². The highest BCUT2D eigenvalue weighted by Gasteiger charge is 2.38. The van der Waals surface area contributed by atoms with Crippen LogP contribution in [0.4, 0.5) is 13.2 Å². The number of halogens is 4. The Labute approximate surface area is 155 Å². The van der Waals surface area contributed by atoms with Crippen molar-refractivity contribution in [2.75, 3.05) is 0 Å². The molecule has 0 spiro atoms. The fourth-order valence-corrected chi connectivity index (χ4v) is 2.82. The lowest BCUT2D eigenvalue weighted by atomic mass is 10.1. The average molecular weight is 394 g/mol. The van der Waals surface area contributed by atoms with E-state index in [-0.39, 0.29) is 16.7 Å². The minimum atomic E-state index is -4.62. The molecule has 0 saturated carbocycles. The number of aromatic nitrogens is 5. The summed E-state index contributed by atoms with van der Waals surface area (Å²) >= 11 is 5.83. The van der Waals surface area contributed by atoms with Crippen molar-refractivity contribution in [1.29, 1.82) is 0 Å². The van der Waals surface area contributed by atoms with Crippen LogP contribution in [0.3, 0.4) is 0 Å². The number of benzene rings is 1. The summed E-state index contributed by atoms with van der Waals surface area (Å²) in [5.41, 5.74) is 2.18. The zero-order valence-electron chi connectivity index (χ0n) is 13.8. The molecule has 0 aliphatic rings. The third kappa shape index (κ3) is 3.37. The van der Waals surface area contributed by atoms with Crippen molar-refractivity contribution in [1.82, 2.24) is 24.7 Å². The predicted octanol–water partition coefficient (Wildman–Crippen LogP) is 4.51. The normalized spacial score (nSPS) is 12.0. The minimum absolute atomic E-state index is 0.111. The van der Waals surface area contributed by atoms with Gasteiger partial charge in [0, 0.05) is 11.8 Å². The number of rotatable bonds is 3. The third-order valence-corrected chi connectivity index (χ3v) is 4.13. The van der Waals surface area contributed by atoms with E-state index in [9.17, 15) is 13.2 Å². The molecule has 6 nitrogen and oxygen atoms in total. The monoisotopic (exact) mass is 393 g/mol. The summed E-state index contributed by atoms with van der Waals surface area (Å²) in [6.07, 6.45) is -1.40. The molecule has 0 unspecified atom stereocenters. The van der Waals surface area contributed by atoms with E-state index in [1.165, 1.54) is 6.92 Å². The van der Waals surface area contributed by atoms with Crippen molar-refractivity contribution in [3.05, 3.63) is 59.2 Å². The van der Waals surface area contributed by atoms with Gasteiger partial charge in [-0.15, -0.1) is 0 Å². The van der Waals surface area contributed by atoms with Gasteiger partial charge in [-0.2, -0.15) is 23.3 Å². The molecule has 0 aliphatic heterocycles. The maximum atomic E-state index is 12.7. The van der Waals surface area contributed by atoms with Crippen LogP contribution in [0.1, 0.15) is 17.2 Å². The molecule has 4 rings (SSSR count). The average Bonchev–Trinajstić information content (AvgIpc) is 3.19. The molecule has 0 aliphatic carbocycles. The number of fused-ring (bicyclic) bond motifs is 1. The van der Waals surface area contributed by atoms with Crippen molar-refractivity contribution < 1.29 is 17.6 Å². The summed E-state index contributed by atoms with van der Waals surface area (Å²) in [5, 5.41) is 5.14. The zero-order valence-corrected chi connectivity index (χ0v) is 14.6. The second-order valence-corrected chi connectivity index (χ2v) is 6.18. The van der Waals surface area contributed by atoms with Crippen LogP contribution >= 0.6 is 11.6 Å². The number of hydrogen-bond donors (Lipinski definition) is 0. The smallest absolute Gasteiger partial charge is 0.438 e. The Morgan fingerprint density at radius 2 is 1.85 bits per heavy atom. The van der Waals surface area contributed by atoms with E-state index < -0.39 is 12.1 Å². The number of aryl methyl sites for hydroxylation is 1. The molecule has 10 heteroatoms. The summed E-state index contributed by atoms with van der Waals surface area (Å²) in [6, 6.07) is 6.95. The van der Waals surface area contributed by atoms with Gasteiger partial charge in [0.15, 0.2) is 5.65 Å². The topological polar surface area (TPSA) is 69.6 Å². The molecule has 0 N–H and O–H groups in total. The molecule has 4 aromatic rings. The van der Waals surface area contributed by atoms with Gasteiger partial charge in [-0.1, -0.05) is 24.3 Å². The van der Waals surface area contributed by atoms with Crippen LogP contribution in [0.2, 0.25) is 5.28 Å². The Balaban J connectivity index is 1.61. The molecule has 0 atom stereocenters. The van der Waals surface area contributed by atoms with Gasteiger partial charge < -0.3 is 4.42 Å². The van der Waals surface area contributed by atoms with Gasteiger partial charge in [-0.05, 0) is 24.1 Å². The van der Waals surface area contributed by atoms with Crippen molar-refractivity contribution in [3.8, 4) is 11.3 Å². The first kappa shape index (κ1) is 17.5. The van der Waals surface area contributed by atoms with E-state index in [0.717, 1.165) is 10.9 Å². The number of oxazole rings is 1. The van der Waals surface area contributed by atoms with Gasteiger partial charge in [-0.25, -0.2) is 14.6 Å². The van der Waals surface area contributed by atoms with Crippen LogP contribution in [0.15, 0.2) is 41.1 Å². The van der Waals surface area contributed by atoms with Crippen LogP contribution in [0.5, 0.6) is 0 Å². The number of nitrogens with zero attached hydrogens (tertiary/aromatic N) is 5. The summed E-state index contributed by atoms with van der Waals surface area (Å²) in [4.78, 5) is 11.6. The van der Waals surface area contributed by atoms with Gasteiger partial charge in [0.25, 0.3) is 0 Å². The number of hydrogen-bond acceptors (Lipinski definition) is 5. The van der Waals surface area contributed by atoms with Crippen LogP contribution in [-0.4, -0.2) is 24.7 Å². The molecule has 0 radical (unpaired) electrons. The van der Waals surface area contributed by atoms with E-state index in [0.29, 0.717) is 17.8 Å². The lowest BCUT2D eigenvalue weighted by Crippen LogP contribution is -2.04. The first-order valence-electron chi connectivity index (χ1n) is 7.79. The molecular formula is C17H11ClF3N5O. The summed E-state index contributed by atoms with van der Waals surface area (Å²) in [7, 11) is 0. The highest BCUT2D eigenvalue weighted by atomic mass is 35.5. The molecule has 3 heterocycles. The fraction of sp³-hybridized carbons (Fsp3) is 0.176. The highest BCUT2D eigenvalue weighted by Crippen LogP contribution is 2.33. The molecule has 0 saturated heterocycles. The Kier molecular flexibility index (Phi) is 4.11. The van der Waals surface area contributed by atoms with E-state index in [1.807, 2.05) is 0 Å². The largest absolute Gasteiger partial charge is 0.468 e. The molecule has 138 valence electrons. The SMILES string of the molecule is Cc1oc(C(F)(F)F)nc1-c1ccc(Cn2ncc3cnc(Cl)nc32)cc1. The van der Waals surface area contributed by atoms with Crippen molar-refractivity contribution in [3.63, 3.8) is 0 Å². The van der Waals surface area contributed by atoms with Crippen molar-refractivity contribution in [2.24, 2.45) is 0 Å². The van der Waals surface area contributed by atoms with Gasteiger partial charge in [0.1, 0.15) is 11.5 Å². The summed E-state index contributed by atoms with van der Waals surface area (Å²) in [5.74, 6) is -1.14. The minimum Gasteiger partial charge on any atom is -0.438 e. The van der Waals surface area contributed by atoms with Gasteiger partial charge in [0.05, 0.1) is 18.1 Å². The first-order valence-corrected chi connectivity index (χ1v) is 8.17.